The molecule has 0 aliphatic rings. The van der Waals surface area contributed by atoms with E-state index in [1.54, 1.807) is 16.7 Å². The van der Waals surface area contributed by atoms with Crippen LogP contribution in [0.15, 0.2) is 74.8 Å². The zero-order chi connectivity index (χ0) is 17.9. The lowest BCUT2D eigenvalue weighted by molar-refractivity contribution is 0.302. The summed E-state index contributed by atoms with van der Waals surface area (Å²) in [5, 5.41) is 0.840. The minimum absolute atomic E-state index is 0.129. The Morgan fingerprint density at radius 2 is 1.88 bits per heavy atom. The molecule has 0 fully saturated rings. The molecule has 0 saturated carbocycles. The average molecular weight is 348 g/mol. The number of aryl methyl sites for hydroxylation is 1. The highest BCUT2D eigenvalue weighted by Crippen LogP contribution is 2.19. The van der Waals surface area contributed by atoms with Crippen LogP contribution in [0.4, 0.5) is 0 Å². The topological polar surface area (TPSA) is 74.3 Å². The molecule has 0 aliphatic carbocycles. The second-order valence-electron chi connectivity index (χ2n) is 5.89. The predicted octanol–water partition coefficient (Wildman–Crippen LogP) is 2.97. The van der Waals surface area contributed by atoms with Crippen molar-refractivity contribution in [3.63, 3.8) is 0 Å². The van der Waals surface area contributed by atoms with Crippen molar-refractivity contribution in [2.24, 2.45) is 0 Å². The molecule has 4 rings (SSSR count). The number of ether oxygens (including phenoxy) is 1. The van der Waals surface area contributed by atoms with Gasteiger partial charge in [0.1, 0.15) is 11.3 Å². The number of aromatic nitrogens is 2. The van der Waals surface area contributed by atoms with Gasteiger partial charge in [0.25, 0.3) is 5.56 Å². The normalized spacial score (nSPS) is 11.1. The minimum Gasteiger partial charge on any atom is -0.493 e. The molecular weight excluding hydrogens is 332 g/mol. The van der Waals surface area contributed by atoms with Crippen molar-refractivity contribution in [3.05, 3.63) is 81.6 Å². The van der Waals surface area contributed by atoms with Crippen LogP contribution in [0, 0.1) is 0 Å². The van der Waals surface area contributed by atoms with E-state index in [0.29, 0.717) is 30.9 Å². The minimum atomic E-state index is -0.390. The lowest BCUT2D eigenvalue weighted by atomic mass is 10.2. The Balaban J connectivity index is 1.45. The summed E-state index contributed by atoms with van der Waals surface area (Å²) in [7, 11) is 0. The van der Waals surface area contributed by atoms with Crippen LogP contribution in [0.1, 0.15) is 6.42 Å². The number of nitrogens with zero attached hydrogens (tertiary/aromatic N) is 2. The van der Waals surface area contributed by atoms with Crippen LogP contribution in [-0.4, -0.2) is 16.2 Å². The molecule has 0 saturated heterocycles. The number of fused-ring (bicyclic) bond motifs is 2. The van der Waals surface area contributed by atoms with Crippen LogP contribution in [0.5, 0.6) is 5.75 Å². The molecule has 0 bridgehead atoms. The third kappa shape index (κ3) is 3.21. The Kier molecular flexibility index (Phi) is 4.23. The van der Waals surface area contributed by atoms with E-state index in [-0.39, 0.29) is 5.56 Å². The molecule has 0 amide bonds. The van der Waals surface area contributed by atoms with E-state index in [4.69, 9.17) is 9.15 Å². The highest BCUT2D eigenvalue weighted by Gasteiger charge is 2.04. The standard InChI is InChI=1S/C20H16N2O4/c23-19-13-21-16-4-1-2-5-17(16)22(19)10-3-11-25-15-8-6-14-7-9-20(24)26-18(14)12-15/h1-2,4-9,12-13H,3,10-11H2. The molecule has 130 valence electrons. The molecule has 26 heavy (non-hydrogen) atoms. The molecule has 6 nitrogen and oxygen atoms in total. The number of hydrogen-bond donors (Lipinski definition) is 0. The smallest absolute Gasteiger partial charge is 0.336 e. The summed E-state index contributed by atoms with van der Waals surface area (Å²) in [4.78, 5) is 27.6. The predicted molar refractivity (Wildman–Crippen MR) is 98.6 cm³/mol. The van der Waals surface area contributed by atoms with Crippen LogP contribution >= 0.6 is 0 Å². The lowest BCUT2D eigenvalue weighted by Gasteiger charge is -2.10. The Morgan fingerprint density at radius 3 is 2.81 bits per heavy atom. The van der Waals surface area contributed by atoms with Crippen molar-refractivity contribution >= 4 is 22.0 Å². The van der Waals surface area contributed by atoms with E-state index in [0.717, 1.165) is 16.4 Å². The summed E-state index contributed by atoms with van der Waals surface area (Å²) in [6, 6.07) is 16.0. The SMILES string of the molecule is O=c1ccc2ccc(OCCCn3c(=O)cnc4ccccc43)cc2o1. The summed E-state index contributed by atoms with van der Waals surface area (Å²) in [6.07, 6.45) is 2.00. The van der Waals surface area contributed by atoms with E-state index in [2.05, 4.69) is 4.98 Å². The summed E-state index contributed by atoms with van der Waals surface area (Å²) >= 11 is 0. The fraction of sp³-hybridized carbons (Fsp3) is 0.150. The first-order valence-electron chi connectivity index (χ1n) is 8.32. The zero-order valence-electron chi connectivity index (χ0n) is 13.9. The Morgan fingerprint density at radius 1 is 1.04 bits per heavy atom. The van der Waals surface area contributed by atoms with Crippen molar-refractivity contribution in [1.29, 1.82) is 0 Å². The van der Waals surface area contributed by atoms with E-state index < -0.39 is 5.63 Å². The van der Waals surface area contributed by atoms with Gasteiger partial charge in [0, 0.05) is 24.1 Å². The molecule has 2 aromatic heterocycles. The number of hydrogen-bond acceptors (Lipinski definition) is 5. The molecule has 6 heteroatoms. The van der Waals surface area contributed by atoms with Gasteiger partial charge in [0.05, 0.1) is 23.8 Å². The van der Waals surface area contributed by atoms with Crippen LogP contribution < -0.4 is 15.9 Å². The first-order chi connectivity index (χ1) is 12.7. The summed E-state index contributed by atoms with van der Waals surface area (Å²) in [5.74, 6) is 0.624. The fourth-order valence-corrected chi connectivity index (χ4v) is 2.89. The highest BCUT2D eigenvalue weighted by molar-refractivity contribution is 5.77. The molecule has 0 aliphatic heterocycles. The van der Waals surface area contributed by atoms with Crippen LogP contribution in [-0.2, 0) is 6.54 Å². The molecule has 0 radical (unpaired) electrons. The first-order valence-corrected chi connectivity index (χ1v) is 8.32. The van der Waals surface area contributed by atoms with E-state index >= 15 is 0 Å². The monoisotopic (exact) mass is 348 g/mol. The van der Waals surface area contributed by atoms with Crippen molar-refractivity contribution in [2.45, 2.75) is 13.0 Å². The number of para-hydroxylation sites is 2. The molecule has 0 N–H and O–H groups in total. The van der Waals surface area contributed by atoms with E-state index in [1.807, 2.05) is 36.4 Å². The van der Waals surface area contributed by atoms with E-state index in [9.17, 15) is 9.59 Å². The summed E-state index contributed by atoms with van der Waals surface area (Å²) in [5.41, 5.74) is 1.58. The van der Waals surface area contributed by atoms with Gasteiger partial charge in [-0.05, 0) is 36.8 Å². The van der Waals surface area contributed by atoms with Gasteiger partial charge in [-0.2, -0.15) is 0 Å². The van der Waals surface area contributed by atoms with Crippen LogP contribution in [0.25, 0.3) is 22.0 Å². The molecule has 4 aromatic rings. The maximum atomic E-state index is 12.1. The number of benzene rings is 2. The quantitative estimate of drug-likeness (QED) is 0.409. The van der Waals surface area contributed by atoms with Crippen LogP contribution in [0.3, 0.4) is 0 Å². The highest BCUT2D eigenvalue weighted by atomic mass is 16.5. The van der Waals surface area contributed by atoms with Gasteiger partial charge in [-0.3, -0.25) is 4.79 Å². The molecule has 2 aromatic carbocycles. The van der Waals surface area contributed by atoms with E-state index in [1.165, 1.54) is 12.3 Å². The average Bonchev–Trinajstić information content (AvgIpc) is 2.66. The van der Waals surface area contributed by atoms with Crippen molar-refractivity contribution < 1.29 is 9.15 Å². The van der Waals surface area contributed by atoms with Crippen LogP contribution in [0.2, 0.25) is 0 Å². The van der Waals surface area contributed by atoms with Gasteiger partial charge in [-0.25, -0.2) is 9.78 Å². The summed E-state index contributed by atoms with van der Waals surface area (Å²) in [6.45, 7) is 0.968. The fourth-order valence-electron chi connectivity index (χ4n) is 2.89. The lowest BCUT2D eigenvalue weighted by Crippen LogP contribution is -2.21. The largest absolute Gasteiger partial charge is 0.493 e. The molecular formula is C20H16N2O4. The molecule has 2 heterocycles. The van der Waals surface area contributed by atoms with Crippen molar-refractivity contribution in [2.75, 3.05) is 6.61 Å². The molecule has 0 spiro atoms. The number of rotatable bonds is 5. The summed E-state index contributed by atoms with van der Waals surface area (Å²) < 4.78 is 12.6. The molecule has 0 unspecified atom stereocenters. The third-order valence-corrected chi connectivity index (χ3v) is 4.14. The second-order valence-corrected chi connectivity index (χ2v) is 5.89. The maximum Gasteiger partial charge on any atom is 0.336 e. The van der Waals surface area contributed by atoms with Gasteiger partial charge >= 0.3 is 5.63 Å². The van der Waals surface area contributed by atoms with Gasteiger partial charge in [0.2, 0.25) is 0 Å². The molecule has 0 atom stereocenters. The Bertz CT molecular complexity index is 1190. The third-order valence-electron chi connectivity index (χ3n) is 4.14. The second kappa shape index (κ2) is 6.84. The van der Waals surface area contributed by atoms with Gasteiger partial charge < -0.3 is 13.7 Å². The first kappa shape index (κ1) is 16.1. The Labute approximate surface area is 148 Å². The van der Waals surface area contributed by atoms with Gasteiger partial charge in [-0.15, -0.1) is 0 Å². The van der Waals surface area contributed by atoms with Gasteiger partial charge in [0.15, 0.2) is 0 Å². The Hall–Kier alpha value is -3.41. The van der Waals surface area contributed by atoms with Gasteiger partial charge in [-0.1, -0.05) is 12.1 Å². The zero-order valence-corrected chi connectivity index (χ0v) is 13.9. The van der Waals surface area contributed by atoms with Crippen molar-refractivity contribution in [1.82, 2.24) is 9.55 Å². The maximum absolute atomic E-state index is 12.1. The van der Waals surface area contributed by atoms with Crippen molar-refractivity contribution in [3.8, 4) is 5.75 Å².